The standard InChI is InChI=1S/C21H16ClN5O/c1-13-10-15(22)7-8-16(13)27-21(28)18-11-25-19(12-24-18)26-17-6-2-4-14-5-3-9-23-20(14)17/h2-12H,1H3,(H,25,26)(H,27,28). The molecule has 2 aromatic heterocycles. The first-order valence-corrected chi connectivity index (χ1v) is 8.98. The molecule has 0 unspecified atom stereocenters. The first-order chi connectivity index (χ1) is 13.6. The van der Waals surface area contributed by atoms with Crippen LogP contribution in [0.1, 0.15) is 16.1 Å². The highest BCUT2D eigenvalue weighted by Crippen LogP contribution is 2.23. The van der Waals surface area contributed by atoms with Gasteiger partial charge in [0.2, 0.25) is 0 Å². The molecule has 0 bridgehead atoms. The first kappa shape index (κ1) is 17.9. The summed E-state index contributed by atoms with van der Waals surface area (Å²) in [5, 5.41) is 7.65. The van der Waals surface area contributed by atoms with Crippen molar-refractivity contribution < 1.29 is 4.79 Å². The number of fused-ring (bicyclic) bond motifs is 1. The zero-order valence-electron chi connectivity index (χ0n) is 15.0. The summed E-state index contributed by atoms with van der Waals surface area (Å²) in [6.45, 7) is 1.87. The van der Waals surface area contributed by atoms with Gasteiger partial charge in [-0.15, -0.1) is 0 Å². The maximum absolute atomic E-state index is 12.4. The minimum absolute atomic E-state index is 0.218. The number of hydrogen-bond acceptors (Lipinski definition) is 5. The third-order valence-corrected chi connectivity index (χ3v) is 4.45. The number of aryl methyl sites for hydroxylation is 1. The average Bonchev–Trinajstić information content (AvgIpc) is 2.71. The molecule has 0 radical (unpaired) electrons. The number of anilines is 3. The van der Waals surface area contributed by atoms with Gasteiger partial charge in [0.1, 0.15) is 11.5 Å². The Labute approximate surface area is 166 Å². The molecule has 0 aliphatic heterocycles. The van der Waals surface area contributed by atoms with Crippen LogP contribution in [0.2, 0.25) is 5.02 Å². The summed E-state index contributed by atoms with van der Waals surface area (Å²) in [6.07, 6.45) is 4.69. The molecule has 0 fully saturated rings. The normalized spacial score (nSPS) is 10.6. The maximum Gasteiger partial charge on any atom is 0.275 e. The number of para-hydroxylation sites is 1. The monoisotopic (exact) mass is 389 g/mol. The Morgan fingerprint density at radius 1 is 0.964 bits per heavy atom. The Morgan fingerprint density at radius 2 is 1.82 bits per heavy atom. The molecule has 0 aliphatic rings. The molecule has 2 heterocycles. The number of benzene rings is 2. The third kappa shape index (κ3) is 3.77. The van der Waals surface area contributed by atoms with Crippen LogP contribution in [-0.4, -0.2) is 20.9 Å². The number of halogens is 1. The summed E-state index contributed by atoms with van der Waals surface area (Å²) in [4.78, 5) is 25.3. The van der Waals surface area contributed by atoms with Gasteiger partial charge in [-0.3, -0.25) is 9.78 Å². The Hall–Kier alpha value is -3.51. The number of aromatic nitrogens is 3. The number of hydrogen-bond donors (Lipinski definition) is 2. The molecule has 138 valence electrons. The second kappa shape index (κ2) is 7.62. The summed E-state index contributed by atoms with van der Waals surface area (Å²) in [6, 6.07) is 15.0. The Bertz CT molecular complexity index is 1160. The van der Waals surface area contributed by atoms with Crippen molar-refractivity contribution in [2.24, 2.45) is 0 Å². The van der Waals surface area contributed by atoms with E-state index in [1.165, 1.54) is 12.4 Å². The van der Waals surface area contributed by atoms with E-state index in [-0.39, 0.29) is 11.6 Å². The van der Waals surface area contributed by atoms with Crippen LogP contribution in [-0.2, 0) is 0 Å². The van der Waals surface area contributed by atoms with Crippen LogP contribution in [0.25, 0.3) is 10.9 Å². The van der Waals surface area contributed by atoms with E-state index >= 15 is 0 Å². The van der Waals surface area contributed by atoms with Crippen molar-refractivity contribution in [3.05, 3.63) is 83.4 Å². The van der Waals surface area contributed by atoms with E-state index in [4.69, 9.17) is 11.6 Å². The summed E-state index contributed by atoms with van der Waals surface area (Å²) in [7, 11) is 0. The van der Waals surface area contributed by atoms with Crippen LogP contribution in [0.4, 0.5) is 17.2 Å². The van der Waals surface area contributed by atoms with E-state index in [2.05, 4.69) is 25.6 Å². The molecule has 4 rings (SSSR count). The molecule has 0 atom stereocenters. The largest absolute Gasteiger partial charge is 0.337 e. The van der Waals surface area contributed by atoms with Crippen molar-refractivity contribution in [1.82, 2.24) is 15.0 Å². The zero-order valence-corrected chi connectivity index (χ0v) is 15.7. The average molecular weight is 390 g/mol. The van der Waals surface area contributed by atoms with Gasteiger partial charge in [-0.1, -0.05) is 29.8 Å². The van der Waals surface area contributed by atoms with Crippen molar-refractivity contribution in [1.29, 1.82) is 0 Å². The highest BCUT2D eigenvalue weighted by Gasteiger charge is 2.11. The molecule has 1 amide bonds. The van der Waals surface area contributed by atoms with E-state index in [0.29, 0.717) is 16.5 Å². The highest BCUT2D eigenvalue weighted by atomic mass is 35.5. The van der Waals surface area contributed by atoms with Gasteiger partial charge in [0.05, 0.1) is 23.6 Å². The molecule has 6 nitrogen and oxygen atoms in total. The van der Waals surface area contributed by atoms with Crippen LogP contribution in [0.15, 0.2) is 67.1 Å². The van der Waals surface area contributed by atoms with Crippen LogP contribution in [0, 0.1) is 6.92 Å². The fourth-order valence-corrected chi connectivity index (χ4v) is 3.03. The SMILES string of the molecule is Cc1cc(Cl)ccc1NC(=O)c1cnc(Nc2cccc3cccnc23)cn1. The number of pyridine rings is 1. The van der Waals surface area contributed by atoms with E-state index in [1.807, 2.05) is 37.3 Å². The van der Waals surface area contributed by atoms with Crippen molar-refractivity contribution in [3.63, 3.8) is 0 Å². The molecule has 0 saturated heterocycles. The summed E-state index contributed by atoms with van der Waals surface area (Å²) < 4.78 is 0. The smallest absolute Gasteiger partial charge is 0.275 e. The first-order valence-electron chi connectivity index (χ1n) is 8.60. The van der Waals surface area contributed by atoms with Gasteiger partial charge in [0.15, 0.2) is 0 Å². The predicted molar refractivity (Wildman–Crippen MR) is 111 cm³/mol. The van der Waals surface area contributed by atoms with E-state index < -0.39 is 0 Å². The van der Waals surface area contributed by atoms with Gasteiger partial charge in [-0.05, 0) is 42.8 Å². The number of nitrogens with one attached hydrogen (secondary N) is 2. The van der Waals surface area contributed by atoms with Crippen molar-refractivity contribution >= 4 is 45.6 Å². The lowest BCUT2D eigenvalue weighted by Crippen LogP contribution is -2.15. The number of carbonyl (C=O) groups excluding carboxylic acids is 1. The number of carbonyl (C=O) groups is 1. The lowest BCUT2D eigenvalue weighted by atomic mass is 10.2. The van der Waals surface area contributed by atoms with Crippen molar-refractivity contribution in [3.8, 4) is 0 Å². The fraction of sp³-hybridized carbons (Fsp3) is 0.0476. The van der Waals surface area contributed by atoms with Gasteiger partial charge in [0, 0.05) is 22.3 Å². The lowest BCUT2D eigenvalue weighted by Gasteiger charge is -2.10. The minimum atomic E-state index is -0.337. The highest BCUT2D eigenvalue weighted by molar-refractivity contribution is 6.30. The molecule has 2 N–H and O–H groups in total. The van der Waals surface area contributed by atoms with Crippen LogP contribution in [0.5, 0.6) is 0 Å². The van der Waals surface area contributed by atoms with Gasteiger partial charge in [-0.25, -0.2) is 9.97 Å². The molecule has 0 saturated carbocycles. The molecule has 28 heavy (non-hydrogen) atoms. The summed E-state index contributed by atoms with van der Waals surface area (Å²) in [5.41, 5.74) is 3.43. The zero-order chi connectivity index (χ0) is 19.5. The molecule has 0 spiro atoms. The molecule has 7 heteroatoms. The lowest BCUT2D eigenvalue weighted by molar-refractivity contribution is 0.102. The number of nitrogens with zero attached hydrogens (tertiary/aromatic N) is 3. The quantitative estimate of drug-likeness (QED) is 0.514. The Morgan fingerprint density at radius 3 is 2.61 bits per heavy atom. The Balaban J connectivity index is 1.51. The minimum Gasteiger partial charge on any atom is -0.337 e. The molecular weight excluding hydrogens is 374 g/mol. The predicted octanol–water partition coefficient (Wildman–Crippen LogP) is 4.98. The second-order valence-electron chi connectivity index (χ2n) is 6.21. The van der Waals surface area contributed by atoms with Gasteiger partial charge >= 0.3 is 0 Å². The van der Waals surface area contributed by atoms with Crippen molar-refractivity contribution in [2.45, 2.75) is 6.92 Å². The van der Waals surface area contributed by atoms with E-state index in [1.54, 1.807) is 24.4 Å². The van der Waals surface area contributed by atoms with Crippen LogP contribution in [0.3, 0.4) is 0 Å². The van der Waals surface area contributed by atoms with E-state index in [9.17, 15) is 4.79 Å². The van der Waals surface area contributed by atoms with Crippen LogP contribution >= 0.6 is 11.6 Å². The third-order valence-electron chi connectivity index (χ3n) is 4.22. The fourth-order valence-electron chi connectivity index (χ4n) is 2.81. The van der Waals surface area contributed by atoms with Crippen molar-refractivity contribution in [2.75, 3.05) is 10.6 Å². The van der Waals surface area contributed by atoms with Gasteiger partial charge in [0.25, 0.3) is 5.91 Å². The number of amides is 1. The topological polar surface area (TPSA) is 79.8 Å². The molecule has 4 aromatic rings. The molecular formula is C21H16ClN5O. The van der Waals surface area contributed by atoms with Gasteiger partial charge < -0.3 is 10.6 Å². The number of rotatable bonds is 4. The van der Waals surface area contributed by atoms with E-state index in [0.717, 1.165) is 22.2 Å². The Kier molecular flexibility index (Phi) is 4.87. The molecule has 2 aromatic carbocycles. The van der Waals surface area contributed by atoms with Crippen LogP contribution < -0.4 is 10.6 Å². The maximum atomic E-state index is 12.4. The summed E-state index contributed by atoms with van der Waals surface area (Å²) in [5.74, 6) is 0.189. The second-order valence-corrected chi connectivity index (χ2v) is 6.64. The summed E-state index contributed by atoms with van der Waals surface area (Å²) >= 11 is 5.94. The van der Waals surface area contributed by atoms with Gasteiger partial charge in [-0.2, -0.15) is 0 Å². The molecule has 0 aliphatic carbocycles.